The van der Waals surface area contributed by atoms with Crippen LogP contribution in [0, 0.1) is 0 Å². The van der Waals surface area contributed by atoms with Crippen molar-refractivity contribution in [3.63, 3.8) is 0 Å². The Labute approximate surface area is 113 Å². The first-order valence-corrected chi connectivity index (χ1v) is 7.73. The highest BCUT2D eigenvalue weighted by Gasteiger charge is 1.99. The van der Waals surface area contributed by atoms with Crippen molar-refractivity contribution < 1.29 is 0 Å². The number of unbranched alkanes of at least 4 members (excludes halogenated alkanes) is 6. The van der Waals surface area contributed by atoms with E-state index in [-0.39, 0.29) is 0 Å². The summed E-state index contributed by atoms with van der Waals surface area (Å²) in [7, 11) is 0. The second-order valence-corrected chi connectivity index (χ2v) is 5.09. The Balaban J connectivity index is 2.09. The maximum absolute atomic E-state index is 3.39. The second kappa shape index (κ2) is 10.2. The van der Waals surface area contributed by atoms with Gasteiger partial charge in [0.2, 0.25) is 0 Å². The number of aromatic nitrogens is 1. The van der Waals surface area contributed by atoms with Crippen molar-refractivity contribution >= 4 is 0 Å². The fourth-order valence-corrected chi connectivity index (χ4v) is 2.32. The van der Waals surface area contributed by atoms with Gasteiger partial charge in [-0.1, -0.05) is 52.4 Å². The SMILES string of the molecule is CCCCCCCCCn1cccc1CNCC. The third-order valence-corrected chi connectivity index (χ3v) is 3.48. The van der Waals surface area contributed by atoms with E-state index in [0.717, 1.165) is 13.1 Å². The van der Waals surface area contributed by atoms with Gasteiger partial charge in [-0.25, -0.2) is 0 Å². The lowest BCUT2D eigenvalue weighted by atomic mass is 10.1. The van der Waals surface area contributed by atoms with E-state index in [1.165, 1.54) is 57.2 Å². The first kappa shape index (κ1) is 15.3. The predicted octanol–water partition coefficient (Wildman–Crippen LogP) is 4.35. The van der Waals surface area contributed by atoms with Gasteiger partial charge < -0.3 is 9.88 Å². The monoisotopic (exact) mass is 250 g/mol. The van der Waals surface area contributed by atoms with Gasteiger partial charge in [-0.15, -0.1) is 0 Å². The molecule has 18 heavy (non-hydrogen) atoms. The molecule has 0 saturated heterocycles. The Morgan fingerprint density at radius 1 is 1.00 bits per heavy atom. The topological polar surface area (TPSA) is 17.0 Å². The lowest BCUT2D eigenvalue weighted by Gasteiger charge is -2.09. The van der Waals surface area contributed by atoms with Crippen molar-refractivity contribution in [2.45, 2.75) is 71.9 Å². The van der Waals surface area contributed by atoms with Gasteiger partial charge in [-0.05, 0) is 25.1 Å². The minimum absolute atomic E-state index is 1.00. The van der Waals surface area contributed by atoms with Crippen molar-refractivity contribution in [1.82, 2.24) is 9.88 Å². The number of rotatable bonds is 11. The fraction of sp³-hybridized carbons (Fsp3) is 0.750. The van der Waals surface area contributed by atoms with E-state index >= 15 is 0 Å². The van der Waals surface area contributed by atoms with Crippen LogP contribution in [0.4, 0.5) is 0 Å². The van der Waals surface area contributed by atoms with E-state index in [1.807, 2.05) is 0 Å². The molecule has 0 aliphatic carbocycles. The lowest BCUT2D eigenvalue weighted by Crippen LogP contribution is -2.15. The van der Waals surface area contributed by atoms with E-state index in [2.05, 4.69) is 42.1 Å². The zero-order valence-electron chi connectivity index (χ0n) is 12.3. The molecule has 104 valence electrons. The molecule has 1 rings (SSSR count). The molecule has 1 aromatic rings. The molecule has 2 heteroatoms. The highest BCUT2D eigenvalue weighted by Crippen LogP contribution is 2.09. The highest BCUT2D eigenvalue weighted by molar-refractivity contribution is 5.06. The molecule has 0 aliphatic heterocycles. The van der Waals surface area contributed by atoms with Crippen LogP contribution in [-0.2, 0) is 13.1 Å². The predicted molar refractivity (Wildman–Crippen MR) is 79.8 cm³/mol. The molecule has 1 heterocycles. The average molecular weight is 250 g/mol. The van der Waals surface area contributed by atoms with Crippen LogP contribution in [0.15, 0.2) is 18.3 Å². The number of nitrogens with zero attached hydrogens (tertiary/aromatic N) is 1. The molecule has 0 radical (unpaired) electrons. The molecule has 0 atom stereocenters. The van der Waals surface area contributed by atoms with E-state index in [4.69, 9.17) is 0 Å². The van der Waals surface area contributed by atoms with Crippen LogP contribution >= 0.6 is 0 Å². The van der Waals surface area contributed by atoms with Crippen LogP contribution < -0.4 is 5.32 Å². The molecule has 2 nitrogen and oxygen atoms in total. The van der Waals surface area contributed by atoms with Gasteiger partial charge in [0.05, 0.1) is 0 Å². The van der Waals surface area contributed by atoms with Gasteiger partial charge in [-0.3, -0.25) is 0 Å². The number of aryl methyl sites for hydroxylation is 1. The summed E-state index contributed by atoms with van der Waals surface area (Å²) in [5, 5.41) is 3.39. The smallest absolute Gasteiger partial charge is 0.0359 e. The summed E-state index contributed by atoms with van der Waals surface area (Å²) in [6, 6.07) is 4.39. The summed E-state index contributed by atoms with van der Waals surface area (Å²) >= 11 is 0. The summed E-state index contributed by atoms with van der Waals surface area (Å²) < 4.78 is 2.40. The largest absolute Gasteiger partial charge is 0.350 e. The van der Waals surface area contributed by atoms with Gasteiger partial charge in [-0.2, -0.15) is 0 Å². The molecule has 0 bridgehead atoms. The molecular weight excluding hydrogens is 220 g/mol. The van der Waals surface area contributed by atoms with Gasteiger partial charge in [0.15, 0.2) is 0 Å². The van der Waals surface area contributed by atoms with Gasteiger partial charge in [0, 0.05) is 25.0 Å². The normalized spacial score (nSPS) is 11.0. The van der Waals surface area contributed by atoms with Crippen LogP contribution in [0.2, 0.25) is 0 Å². The minimum atomic E-state index is 1.00. The molecule has 0 amide bonds. The van der Waals surface area contributed by atoms with Crippen LogP contribution in [0.25, 0.3) is 0 Å². The molecule has 1 aromatic heterocycles. The standard InChI is InChI=1S/C16H30N2/c1-3-5-6-7-8-9-10-13-18-14-11-12-16(18)15-17-4-2/h11-12,14,17H,3-10,13,15H2,1-2H3. The van der Waals surface area contributed by atoms with Crippen molar-refractivity contribution in [1.29, 1.82) is 0 Å². The lowest BCUT2D eigenvalue weighted by molar-refractivity contribution is 0.536. The Kier molecular flexibility index (Phi) is 8.66. The third kappa shape index (κ3) is 6.25. The van der Waals surface area contributed by atoms with Gasteiger partial charge in [0.25, 0.3) is 0 Å². The summed E-state index contributed by atoms with van der Waals surface area (Å²) in [5.74, 6) is 0. The maximum atomic E-state index is 3.39. The zero-order valence-corrected chi connectivity index (χ0v) is 12.3. The third-order valence-electron chi connectivity index (χ3n) is 3.48. The van der Waals surface area contributed by atoms with Crippen LogP contribution in [0.3, 0.4) is 0 Å². The van der Waals surface area contributed by atoms with Gasteiger partial charge >= 0.3 is 0 Å². The molecular formula is C16H30N2. The summed E-state index contributed by atoms with van der Waals surface area (Å²) in [6.07, 6.45) is 11.9. The Bertz CT molecular complexity index is 291. The van der Waals surface area contributed by atoms with Crippen molar-refractivity contribution in [2.24, 2.45) is 0 Å². The molecule has 0 fully saturated rings. The quantitative estimate of drug-likeness (QED) is 0.578. The average Bonchev–Trinajstić information content (AvgIpc) is 2.83. The molecule has 0 unspecified atom stereocenters. The first-order valence-electron chi connectivity index (χ1n) is 7.73. The molecule has 0 saturated carbocycles. The van der Waals surface area contributed by atoms with E-state index < -0.39 is 0 Å². The maximum Gasteiger partial charge on any atom is 0.0359 e. The minimum Gasteiger partial charge on any atom is -0.350 e. The Morgan fingerprint density at radius 3 is 2.44 bits per heavy atom. The first-order chi connectivity index (χ1) is 8.88. The Hall–Kier alpha value is -0.760. The summed E-state index contributed by atoms with van der Waals surface area (Å²) in [6.45, 7) is 7.66. The Morgan fingerprint density at radius 2 is 1.72 bits per heavy atom. The van der Waals surface area contributed by atoms with Crippen molar-refractivity contribution in [3.8, 4) is 0 Å². The molecule has 0 aliphatic rings. The van der Waals surface area contributed by atoms with Crippen LogP contribution in [0.5, 0.6) is 0 Å². The van der Waals surface area contributed by atoms with Crippen LogP contribution in [-0.4, -0.2) is 11.1 Å². The molecule has 0 spiro atoms. The van der Waals surface area contributed by atoms with Crippen molar-refractivity contribution in [3.05, 3.63) is 24.0 Å². The zero-order chi connectivity index (χ0) is 13.1. The highest BCUT2D eigenvalue weighted by atomic mass is 15.0. The summed E-state index contributed by atoms with van der Waals surface area (Å²) in [5.41, 5.74) is 1.42. The number of nitrogens with one attached hydrogen (secondary N) is 1. The van der Waals surface area contributed by atoms with E-state index in [9.17, 15) is 0 Å². The van der Waals surface area contributed by atoms with Crippen LogP contribution in [0.1, 0.15) is 64.5 Å². The molecule has 1 N–H and O–H groups in total. The number of hydrogen-bond acceptors (Lipinski definition) is 1. The number of hydrogen-bond donors (Lipinski definition) is 1. The summed E-state index contributed by atoms with van der Waals surface area (Å²) in [4.78, 5) is 0. The van der Waals surface area contributed by atoms with E-state index in [0.29, 0.717) is 0 Å². The fourth-order valence-electron chi connectivity index (χ4n) is 2.32. The van der Waals surface area contributed by atoms with E-state index in [1.54, 1.807) is 0 Å². The molecule has 0 aromatic carbocycles. The second-order valence-electron chi connectivity index (χ2n) is 5.09. The van der Waals surface area contributed by atoms with Crippen molar-refractivity contribution in [2.75, 3.05) is 6.54 Å². The van der Waals surface area contributed by atoms with Gasteiger partial charge in [0.1, 0.15) is 0 Å².